The molecule has 0 bridgehead atoms. The summed E-state index contributed by atoms with van der Waals surface area (Å²) >= 11 is 0. The van der Waals surface area contributed by atoms with Gasteiger partial charge in [0.2, 0.25) is 17.8 Å². The summed E-state index contributed by atoms with van der Waals surface area (Å²) in [5, 5.41) is 13.1. The predicted molar refractivity (Wildman–Crippen MR) is 131 cm³/mol. The summed E-state index contributed by atoms with van der Waals surface area (Å²) in [6, 6.07) is 15.5. The first-order valence-electron chi connectivity index (χ1n) is 10.9. The maximum atomic E-state index is 12.0. The summed E-state index contributed by atoms with van der Waals surface area (Å²) in [7, 11) is 1.76. The molecule has 0 aliphatic carbocycles. The first-order chi connectivity index (χ1) is 16.6. The van der Waals surface area contributed by atoms with Crippen LogP contribution in [0.1, 0.15) is 29.5 Å². The minimum Gasteiger partial charge on any atom is -0.357 e. The van der Waals surface area contributed by atoms with Crippen molar-refractivity contribution in [2.45, 2.75) is 20.3 Å². The Bertz CT molecular complexity index is 1470. The second kappa shape index (κ2) is 8.74. The summed E-state index contributed by atoms with van der Waals surface area (Å²) < 4.78 is 1.85. The van der Waals surface area contributed by atoms with Gasteiger partial charge in [0.25, 0.3) is 0 Å². The van der Waals surface area contributed by atoms with Gasteiger partial charge in [-0.1, -0.05) is 37.3 Å². The van der Waals surface area contributed by atoms with Crippen molar-refractivity contribution < 1.29 is 4.79 Å². The molecule has 5 rings (SSSR count). The lowest BCUT2D eigenvalue weighted by atomic mass is 10.0. The lowest BCUT2D eigenvalue weighted by Crippen LogP contribution is -2.10. The van der Waals surface area contributed by atoms with Crippen molar-refractivity contribution >= 4 is 34.5 Å². The molecular formula is C24H23N9O. The van der Waals surface area contributed by atoms with Gasteiger partial charge in [0.15, 0.2) is 5.78 Å². The molecule has 170 valence electrons. The van der Waals surface area contributed by atoms with Crippen molar-refractivity contribution in [3.05, 3.63) is 66.1 Å². The van der Waals surface area contributed by atoms with Crippen LogP contribution in [0.15, 0.2) is 54.7 Å². The molecule has 0 fully saturated rings. The average molecular weight is 454 g/mol. The number of hydrogen-bond acceptors (Lipinski definition) is 8. The highest BCUT2D eigenvalue weighted by Crippen LogP contribution is 2.30. The Balaban J connectivity index is 1.66. The molecule has 3 N–H and O–H groups in total. The number of carbonyl (C=O) groups is 1. The molecule has 0 unspecified atom stereocenters. The number of nitrogens with one attached hydrogen (secondary N) is 3. The van der Waals surface area contributed by atoms with E-state index >= 15 is 0 Å². The van der Waals surface area contributed by atoms with Crippen molar-refractivity contribution in [2.24, 2.45) is 0 Å². The number of fused-ring (bicyclic) bond motifs is 1. The Morgan fingerprint density at radius 1 is 1.00 bits per heavy atom. The molecule has 34 heavy (non-hydrogen) atoms. The van der Waals surface area contributed by atoms with Crippen molar-refractivity contribution in [3.8, 4) is 17.1 Å². The van der Waals surface area contributed by atoms with Crippen LogP contribution in [0.25, 0.3) is 28.1 Å². The van der Waals surface area contributed by atoms with Gasteiger partial charge in [-0.05, 0) is 30.2 Å². The molecule has 0 atom stereocenters. The third-order valence-corrected chi connectivity index (χ3v) is 5.42. The SMILES string of the molecule is CCC(=O)c1ccc(-c2ccc3nc(Nc4ccn[nH]4)n(-c4nc(C)nc(NC)n4)c3c2)cc1. The fraction of sp³-hybridized carbons (Fsp3) is 0.167. The van der Waals surface area contributed by atoms with Crippen LogP contribution in [0.2, 0.25) is 0 Å². The Kier molecular flexibility index (Phi) is 5.46. The second-order valence-corrected chi connectivity index (χ2v) is 7.68. The number of nitrogens with zero attached hydrogens (tertiary/aromatic N) is 6. The number of rotatable bonds is 7. The van der Waals surface area contributed by atoms with E-state index in [2.05, 4.69) is 35.8 Å². The van der Waals surface area contributed by atoms with Crippen molar-refractivity contribution in [2.75, 3.05) is 17.7 Å². The molecule has 10 heteroatoms. The fourth-order valence-corrected chi connectivity index (χ4v) is 3.72. The Hall–Kier alpha value is -4.60. The normalized spacial score (nSPS) is 11.0. The molecule has 10 nitrogen and oxygen atoms in total. The molecule has 0 saturated carbocycles. The summed E-state index contributed by atoms with van der Waals surface area (Å²) in [6.45, 7) is 3.68. The molecule has 3 aromatic heterocycles. The first kappa shape index (κ1) is 21.3. The van der Waals surface area contributed by atoms with Crippen molar-refractivity contribution in [1.29, 1.82) is 0 Å². The van der Waals surface area contributed by atoms with Crippen molar-refractivity contribution in [3.63, 3.8) is 0 Å². The maximum Gasteiger partial charge on any atom is 0.242 e. The zero-order chi connectivity index (χ0) is 23.7. The summed E-state index contributed by atoms with van der Waals surface area (Å²) in [6.07, 6.45) is 2.14. The van der Waals surface area contributed by atoms with Gasteiger partial charge in [0, 0.05) is 25.1 Å². The number of carbonyl (C=O) groups excluding carboxylic acids is 1. The highest BCUT2D eigenvalue weighted by Gasteiger charge is 2.18. The van der Waals surface area contributed by atoms with Gasteiger partial charge in [0.1, 0.15) is 11.6 Å². The number of Topliss-reactive ketones (excluding diaryl/α,β-unsaturated/α-hetero) is 1. The summed E-state index contributed by atoms with van der Waals surface area (Å²) in [4.78, 5) is 30.2. The fourth-order valence-electron chi connectivity index (χ4n) is 3.72. The Morgan fingerprint density at radius 3 is 2.50 bits per heavy atom. The molecule has 0 spiro atoms. The molecular weight excluding hydrogens is 430 g/mol. The van der Waals surface area contributed by atoms with Crippen LogP contribution in [0, 0.1) is 6.92 Å². The number of aromatic amines is 1. The number of benzene rings is 2. The van der Waals surface area contributed by atoms with E-state index in [1.165, 1.54) is 0 Å². The van der Waals surface area contributed by atoms with E-state index in [0.29, 0.717) is 41.5 Å². The number of aryl methyl sites for hydroxylation is 1. The van der Waals surface area contributed by atoms with Crippen LogP contribution < -0.4 is 10.6 Å². The van der Waals surface area contributed by atoms with Gasteiger partial charge >= 0.3 is 0 Å². The van der Waals surface area contributed by atoms with Crippen LogP contribution in [-0.2, 0) is 0 Å². The lowest BCUT2D eigenvalue weighted by Gasteiger charge is -2.10. The van der Waals surface area contributed by atoms with E-state index in [0.717, 1.165) is 22.2 Å². The number of hydrogen-bond donors (Lipinski definition) is 3. The van der Waals surface area contributed by atoms with E-state index in [1.54, 1.807) is 13.2 Å². The highest BCUT2D eigenvalue weighted by molar-refractivity contribution is 5.96. The molecule has 3 heterocycles. The van der Waals surface area contributed by atoms with Crippen LogP contribution in [-0.4, -0.2) is 47.5 Å². The van der Waals surface area contributed by atoms with Crippen LogP contribution in [0.4, 0.5) is 17.7 Å². The van der Waals surface area contributed by atoms with E-state index in [9.17, 15) is 4.79 Å². The largest absolute Gasteiger partial charge is 0.357 e. The second-order valence-electron chi connectivity index (χ2n) is 7.68. The van der Waals surface area contributed by atoms with Crippen LogP contribution in [0.3, 0.4) is 0 Å². The van der Waals surface area contributed by atoms with Gasteiger partial charge in [-0.25, -0.2) is 9.55 Å². The number of H-pyrrole nitrogens is 1. The van der Waals surface area contributed by atoms with Gasteiger partial charge in [-0.15, -0.1) is 0 Å². The highest BCUT2D eigenvalue weighted by atomic mass is 16.1. The number of imidazole rings is 1. The third-order valence-electron chi connectivity index (χ3n) is 5.42. The van der Waals surface area contributed by atoms with Crippen LogP contribution >= 0.6 is 0 Å². The number of aromatic nitrogens is 7. The molecule has 0 saturated heterocycles. The maximum absolute atomic E-state index is 12.0. The number of anilines is 3. The Labute approximate surface area is 195 Å². The van der Waals surface area contributed by atoms with E-state index < -0.39 is 0 Å². The number of ketones is 1. The lowest BCUT2D eigenvalue weighted by molar-refractivity contribution is 0.0988. The van der Waals surface area contributed by atoms with E-state index in [-0.39, 0.29) is 5.78 Å². The summed E-state index contributed by atoms with van der Waals surface area (Å²) in [5.74, 6) is 2.82. The van der Waals surface area contributed by atoms with Gasteiger partial charge in [0.05, 0.1) is 17.2 Å². The molecule has 0 aliphatic heterocycles. The summed E-state index contributed by atoms with van der Waals surface area (Å²) in [5.41, 5.74) is 4.28. The topological polar surface area (TPSA) is 126 Å². The Morgan fingerprint density at radius 2 is 1.79 bits per heavy atom. The quantitative estimate of drug-likeness (QED) is 0.312. The molecule has 0 radical (unpaired) electrons. The van der Waals surface area contributed by atoms with E-state index in [4.69, 9.17) is 4.98 Å². The molecule has 5 aromatic rings. The molecule has 0 amide bonds. The molecule has 0 aliphatic rings. The van der Waals surface area contributed by atoms with Crippen LogP contribution in [0.5, 0.6) is 0 Å². The predicted octanol–water partition coefficient (Wildman–Crippen LogP) is 4.29. The van der Waals surface area contributed by atoms with Gasteiger partial charge < -0.3 is 10.6 Å². The third kappa shape index (κ3) is 3.96. The standard InChI is InChI=1S/C24H23N9O/c1-4-20(34)16-7-5-15(6-8-16)17-9-10-18-19(13-17)33(23-28-14(2)27-22(25-3)31-23)24(29-18)30-21-11-12-26-32-21/h5-13H,4H2,1-3H3,(H,25,27,28,31)(H2,26,29,30,32). The van der Waals surface area contributed by atoms with Crippen molar-refractivity contribution in [1.82, 2.24) is 34.7 Å². The van der Waals surface area contributed by atoms with Gasteiger partial charge in [-0.2, -0.15) is 20.1 Å². The molecule has 2 aromatic carbocycles. The zero-order valence-electron chi connectivity index (χ0n) is 19.0. The minimum atomic E-state index is 0.125. The van der Waals surface area contributed by atoms with Gasteiger partial charge in [-0.3, -0.25) is 9.89 Å². The minimum absolute atomic E-state index is 0.125. The average Bonchev–Trinajstić information content (AvgIpc) is 3.50. The van der Waals surface area contributed by atoms with E-state index in [1.807, 2.05) is 66.9 Å². The monoisotopic (exact) mass is 453 g/mol. The smallest absolute Gasteiger partial charge is 0.242 e. The zero-order valence-corrected chi connectivity index (χ0v) is 19.0. The first-order valence-corrected chi connectivity index (χ1v) is 10.9.